The standard InChI is InChI=1S/C20H26N2O5S/c1-4-10-26-17-9-8-16(13-18(17)27-11-5-2)22-20(23)15-7-6-14(3)19(12-15)28(21,24)25/h6-9,12-13H,4-5,10-11H2,1-3H3,(H,22,23)(H2,21,24,25). The van der Waals surface area contributed by atoms with Crippen molar-refractivity contribution in [2.45, 2.75) is 38.5 Å². The summed E-state index contributed by atoms with van der Waals surface area (Å²) in [6, 6.07) is 9.50. The average molecular weight is 407 g/mol. The van der Waals surface area contributed by atoms with E-state index in [2.05, 4.69) is 5.32 Å². The number of sulfonamides is 1. The third-order valence-corrected chi connectivity index (χ3v) is 4.93. The first-order valence-corrected chi connectivity index (χ1v) is 10.6. The zero-order valence-electron chi connectivity index (χ0n) is 16.3. The largest absolute Gasteiger partial charge is 0.490 e. The van der Waals surface area contributed by atoms with Gasteiger partial charge < -0.3 is 14.8 Å². The first-order chi connectivity index (χ1) is 13.3. The number of hydrogen-bond acceptors (Lipinski definition) is 5. The van der Waals surface area contributed by atoms with E-state index in [0.717, 1.165) is 12.8 Å². The molecule has 2 aromatic carbocycles. The van der Waals surface area contributed by atoms with Crippen molar-refractivity contribution in [3.8, 4) is 11.5 Å². The molecule has 8 heteroatoms. The Bertz CT molecular complexity index is 942. The fourth-order valence-electron chi connectivity index (χ4n) is 2.49. The van der Waals surface area contributed by atoms with Crippen LogP contribution in [0.15, 0.2) is 41.3 Å². The fourth-order valence-corrected chi connectivity index (χ4v) is 3.30. The van der Waals surface area contributed by atoms with Gasteiger partial charge in [0.25, 0.3) is 5.91 Å². The van der Waals surface area contributed by atoms with E-state index in [1.165, 1.54) is 6.07 Å². The van der Waals surface area contributed by atoms with Crippen molar-refractivity contribution in [3.05, 3.63) is 47.5 Å². The van der Waals surface area contributed by atoms with Gasteiger partial charge in [-0.15, -0.1) is 0 Å². The summed E-state index contributed by atoms with van der Waals surface area (Å²) in [6.07, 6.45) is 1.70. The number of ether oxygens (including phenoxy) is 2. The number of nitrogens with two attached hydrogens (primary N) is 1. The summed E-state index contributed by atoms with van der Waals surface area (Å²) in [5.74, 6) is 0.705. The first kappa shape index (κ1) is 21.7. The number of primary sulfonamides is 1. The summed E-state index contributed by atoms with van der Waals surface area (Å²) >= 11 is 0. The zero-order chi connectivity index (χ0) is 20.7. The van der Waals surface area contributed by atoms with Gasteiger partial charge in [-0.2, -0.15) is 0 Å². The Balaban J connectivity index is 2.26. The van der Waals surface area contributed by atoms with Gasteiger partial charge in [-0.05, 0) is 49.6 Å². The van der Waals surface area contributed by atoms with Crippen LogP contribution in [0.4, 0.5) is 5.69 Å². The second kappa shape index (κ2) is 9.57. The smallest absolute Gasteiger partial charge is 0.255 e. The van der Waals surface area contributed by atoms with E-state index in [1.54, 1.807) is 37.3 Å². The lowest BCUT2D eigenvalue weighted by Crippen LogP contribution is -2.17. The minimum absolute atomic E-state index is 0.0737. The predicted octanol–water partition coefficient (Wildman–Crippen LogP) is 3.47. The van der Waals surface area contributed by atoms with Crippen LogP contribution in [0.1, 0.15) is 42.6 Å². The van der Waals surface area contributed by atoms with Gasteiger partial charge in [0.2, 0.25) is 10.0 Å². The van der Waals surface area contributed by atoms with Gasteiger partial charge in [0.15, 0.2) is 11.5 Å². The van der Waals surface area contributed by atoms with Crippen molar-refractivity contribution in [1.82, 2.24) is 0 Å². The molecule has 0 saturated carbocycles. The fraction of sp³-hybridized carbons (Fsp3) is 0.350. The molecule has 0 fully saturated rings. The first-order valence-electron chi connectivity index (χ1n) is 9.10. The van der Waals surface area contributed by atoms with Crippen LogP contribution in [0.2, 0.25) is 0 Å². The Kier molecular flexibility index (Phi) is 7.42. The van der Waals surface area contributed by atoms with E-state index >= 15 is 0 Å². The molecule has 7 nitrogen and oxygen atoms in total. The van der Waals surface area contributed by atoms with Gasteiger partial charge in [-0.1, -0.05) is 19.9 Å². The van der Waals surface area contributed by atoms with E-state index in [-0.39, 0.29) is 10.5 Å². The number of rotatable bonds is 9. The number of amides is 1. The van der Waals surface area contributed by atoms with Gasteiger partial charge in [-0.3, -0.25) is 4.79 Å². The third kappa shape index (κ3) is 5.71. The summed E-state index contributed by atoms with van der Waals surface area (Å²) < 4.78 is 34.7. The molecular formula is C20H26N2O5S. The maximum absolute atomic E-state index is 12.6. The molecule has 2 aromatic rings. The van der Waals surface area contributed by atoms with E-state index in [1.807, 2.05) is 13.8 Å². The number of aryl methyl sites for hydroxylation is 1. The minimum Gasteiger partial charge on any atom is -0.490 e. The lowest BCUT2D eigenvalue weighted by molar-refractivity contribution is 0.102. The quantitative estimate of drug-likeness (QED) is 0.663. The van der Waals surface area contributed by atoms with Crippen molar-refractivity contribution >= 4 is 21.6 Å². The Morgan fingerprint density at radius 1 is 1.00 bits per heavy atom. The highest BCUT2D eigenvalue weighted by atomic mass is 32.2. The van der Waals surface area contributed by atoms with Gasteiger partial charge in [0, 0.05) is 17.3 Å². The molecule has 0 aromatic heterocycles. The average Bonchev–Trinajstić information content (AvgIpc) is 2.64. The molecule has 0 saturated heterocycles. The van der Waals surface area contributed by atoms with Crippen LogP contribution in [0, 0.1) is 6.92 Å². The summed E-state index contributed by atoms with van der Waals surface area (Å²) in [6.45, 7) is 6.72. The second-order valence-corrected chi connectivity index (χ2v) is 7.87. The van der Waals surface area contributed by atoms with Crippen LogP contribution in [0.5, 0.6) is 11.5 Å². The molecule has 3 N–H and O–H groups in total. The molecule has 0 bridgehead atoms. The summed E-state index contributed by atoms with van der Waals surface area (Å²) in [5, 5.41) is 7.96. The van der Waals surface area contributed by atoms with Crippen LogP contribution in [-0.4, -0.2) is 27.5 Å². The number of anilines is 1. The number of carbonyl (C=O) groups is 1. The number of hydrogen-bond donors (Lipinski definition) is 2. The summed E-state index contributed by atoms with van der Waals surface area (Å²) in [7, 11) is -3.91. The Hall–Kier alpha value is -2.58. The van der Waals surface area contributed by atoms with E-state index in [0.29, 0.717) is 36.0 Å². The Morgan fingerprint density at radius 2 is 1.64 bits per heavy atom. The normalized spacial score (nSPS) is 11.1. The van der Waals surface area contributed by atoms with Gasteiger partial charge in [0.1, 0.15) is 0 Å². The van der Waals surface area contributed by atoms with Gasteiger partial charge in [-0.25, -0.2) is 13.6 Å². The molecule has 0 spiro atoms. The monoisotopic (exact) mass is 406 g/mol. The number of carbonyl (C=O) groups excluding carboxylic acids is 1. The molecule has 1 amide bonds. The van der Waals surface area contributed by atoms with E-state index < -0.39 is 15.9 Å². The Labute approximate surface area is 165 Å². The molecule has 0 heterocycles. The van der Waals surface area contributed by atoms with E-state index in [9.17, 15) is 13.2 Å². The van der Waals surface area contributed by atoms with Crippen LogP contribution < -0.4 is 19.9 Å². The number of benzene rings is 2. The molecule has 0 aliphatic heterocycles. The van der Waals surface area contributed by atoms with Gasteiger partial charge >= 0.3 is 0 Å². The van der Waals surface area contributed by atoms with Crippen LogP contribution in [0.25, 0.3) is 0 Å². The molecule has 0 aliphatic rings. The molecule has 28 heavy (non-hydrogen) atoms. The maximum Gasteiger partial charge on any atom is 0.255 e. The topological polar surface area (TPSA) is 108 Å². The van der Waals surface area contributed by atoms with Crippen molar-refractivity contribution in [2.24, 2.45) is 5.14 Å². The molecule has 0 unspecified atom stereocenters. The summed E-state index contributed by atoms with van der Waals surface area (Å²) in [5.41, 5.74) is 1.18. The number of nitrogens with one attached hydrogen (secondary N) is 1. The molecular weight excluding hydrogens is 380 g/mol. The molecule has 0 radical (unpaired) electrons. The lowest BCUT2D eigenvalue weighted by atomic mass is 10.1. The van der Waals surface area contributed by atoms with Crippen molar-refractivity contribution in [3.63, 3.8) is 0 Å². The van der Waals surface area contributed by atoms with Crippen LogP contribution >= 0.6 is 0 Å². The second-order valence-electron chi connectivity index (χ2n) is 6.34. The molecule has 2 rings (SSSR count). The van der Waals surface area contributed by atoms with Crippen LogP contribution in [0.3, 0.4) is 0 Å². The Morgan fingerprint density at radius 3 is 2.25 bits per heavy atom. The van der Waals surface area contributed by atoms with Crippen molar-refractivity contribution in [1.29, 1.82) is 0 Å². The summed E-state index contributed by atoms with van der Waals surface area (Å²) in [4.78, 5) is 12.5. The lowest BCUT2D eigenvalue weighted by Gasteiger charge is -2.14. The SMILES string of the molecule is CCCOc1ccc(NC(=O)c2ccc(C)c(S(N)(=O)=O)c2)cc1OCCC. The predicted molar refractivity (Wildman–Crippen MR) is 109 cm³/mol. The molecule has 0 aliphatic carbocycles. The van der Waals surface area contributed by atoms with Gasteiger partial charge in [0.05, 0.1) is 18.1 Å². The highest BCUT2D eigenvalue weighted by molar-refractivity contribution is 7.89. The van der Waals surface area contributed by atoms with Crippen molar-refractivity contribution < 1.29 is 22.7 Å². The van der Waals surface area contributed by atoms with E-state index in [4.69, 9.17) is 14.6 Å². The third-order valence-electron chi connectivity index (χ3n) is 3.88. The van der Waals surface area contributed by atoms with Crippen molar-refractivity contribution in [2.75, 3.05) is 18.5 Å². The zero-order valence-corrected chi connectivity index (χ0v) is 17.1. The molecule has 152 valence electrons. The highest BCUT2D eigenvalue weighted by Gasteiger charge is 2.16. The maximum atomic E-state index is 12.6. The van der Waals surface area contributed by atoms with Crippen LogP contribution in [-0.2, 0) is 10.0 Å². The highest BCUT2D eigenvalue weighted by Crippen LogP contribution is 2.31. The minimum atomic E-state index is -3.91. The molecule has 0 atom stereocenters.